The third-order valence-electron chi connectivity index (χ3n) is 4.77. The molecule has 1 unspecified atom stereocenters. The van der Waals surface area contributed by atoms with Gasteiger partial charge in [-0.25, -0.2) is 8.42 Å². The van der Waals surface area contributed by atoms with Crippen molar-refractivity contribution in [2.24, 2.45) is 0 Å². The molecule has 9 heteroatoms. The number of thioether (sulfide) groups is 1. The van der Waals surface area contributed by atoms with Gasteiger partial charge in [-0.15, -0.1) is 0 Å². The molecule has 0 radical (unpaired) electrons. The molecule has 0 saturated heterocycles. The second kappa shape index (κ2) is 12.0. The topological polar surface area (TPSA) is 102 Å². The molecule has 0 aliphatic rings. The van der Waals surface area contributed by atoms with E-state index in [1.807, 2.05) is 44.4 Å². The summed E-state index contributed by atoms with van der Waals surface area (Å²) in [5.41, 5.74) is 3.57. The number of aryl methyl sites for hydroxylation is 3. The smallest absolute Gasteiger partial charge is 0.324 e. The quantitative estimate of drug-likeness (QED) is 0.482. The Hall–Kier alpha value is -2.36. The maximum atomic E-state index is 12.9. The molecule has 0 spiro atoms. The van der Waals surface area contributed by atoms with E-state index in [2.05, 4.69) is 10.0 Å². The Bertz CT molecular complexity index is 1040. The second-order valence-electron chi connectivity index (χ2n) is 7.59. The monoisotopic (exact) mass is 478 g/mol. The summed E-state index contributed by atoms with van der Waals surface area (Å²) in [5.74, 6) is -0.688. The SMILES string of the molecule is CSCCC(NS(=O)(=O)c1ccc(C)cc1C)C(=O)OCC(=O)NCc1ccc(C)cc1. The molecule has 1 amide bonds. The lowest BCUT2D eigenvalue weighted by molar-refractivity contribution is -0.150. The zero-order valence-corrected chi connectivity index (χ0v) is 20.4. The summed E-state index contributed by atoms with van der Waals surface area (Å²) in [6, 6.07) is 11.6. The molecule has 7 nitrogen and oxygen atoms in total. The predicted molar refractivity (Wildman–Crippen MR) is 127 cm³/mol. The lowest BCUT2D eigenvalue weighted by Crippen LogP contribution is -2.43. The zero-order chi connectivity index (χ0) is 23.7. The fraction of sp³-hybridized carbons (Fsp3) is 0.391. The highest BCUT2D eigenvalue weighted by Crippen LogP contribution is 2.17. The molecule has 0 fully saturated rings. The molecule has 2 aromatic carbocycles. The molecule has 174 valence electrons. The standard InChI is InChI=1S/C23H30N2O5S2/c1-16-5-8-19(9-6-16)14-24-22(26)15-30-23(27)20(11-12-31-4)25-32(28,29)21-10-7-17(2)13-18(21)3/h5-10,13,20,25H,11-12,14-15H2,1-4H3,(H,24,26). The second-order valence-corrected chi connectivity index (χ2v) is 10.3. The number of hydrogen-bond donors (Lipinski definition) is 2. The van der Waals surface area contributed by atoms with Crippen LogP contribution >= 0.6 is 11.8 Å². The Morgan fingerprint density at radius 1 is 1.03 bits per heavy atom. The predicted octanol–water partition coefficient (Wildman–Crippen LogP) is 2.87. The van der Waals surface area contributed by atoms with Crippen LogP contribution in [-0.2, 0) is 30.9 Å². The minimum Gasteiger partial charge on any atom is -0.454 e. The van der Waals surface area contributed by atoms with Gasteiger partial charge in [0.15, 0.2) is 6.61 Å². The lowest BCUT2D eigenvalue weighted by atomic mass is 10.1. The first-order valence-electron chi connectivity index (χ1n) is 10.2. The van der Waals surface area contributed by atoms with Gasteiger partial charge in [0.2, 0.25) is 10.0 Å². The fourth-order valence-corrected chi connectivity index (χ4v) is 4.92. The number of hydrogen-bond acceptors (Lipinski definition) is 6. The Kier molecular flexibility index (Phi) is 9.74. The van der Waals surface area contributed by atoms with E-state index in [4.69, 9.17) is 4.74 Å². The van der Waals surface area contributed by atoms with Crippen LogP contribution in [0.4, 0.5) is 0 Å². The normalized spacial score (nSPS) is 12.2. The summed E-state index contributed by atoms with van der Waals surface area (Å²) in [5, 5.41) is 2.68. The van der Waals surface area contributed by atoms with Crippen molar-refractivity contribution in [3.63, 3.8) is 0 Å². The number of carbonyl (C=O) groups is 2. The highest BCUT2D eigenvalue weighted by atomic mass is 32.2. The van der Waals surface area contributed by atoms with Crippen LogP contribution in [0.5, 0.6) is 0 Å². The van der Waals surface area contributed by atoms with Crippen molar-refractivity contribution in [2.45, 2.75) is 44.7 Å². The largest absolute Gasteiger partial charge is 0.454 e. The number of nitrogens with one attached hydrogen (secondary N) is 2. The van der Waals surface area contributed by atoms with E-state index in [0.29, 0.717) is 17.9 Å². The average Bonchev–Trinajstić information content (AvgIpc) is 2.74. The molecule has 0 aromatic heterocycles. The molecular weight excluding hydrogens is 448 g/mol. The third-order valence-corrected chi connectivity index (χ3v) is 7.04. The Morgan fingerprint density at radius 3 is 2.31 bits per heavy atom. The van der Waals surface area contributed by atoms with Crippen molar-refractivity contribution in [2.75, 3.05) is 18.6 Å². The van der Waals surface area contributed by atoms with Gasteiger partial charge in [-0.05, 0) is 56.4 Å². The summed E-state index contributed by atoms with van der Waals surface area (Å²) in [7, 11) is -3.93. The van der Waals surface area contributed by atoms with Gasteiger partial charge >= 0.3 is 5.97 Å². The fourth-order valence-electron chi connectivity index (χ4n) is 3.01. The van der Waals surface area contributed by atoms with Crippen LogP contribution in [0.25, 0.3) is 0 Å². The molecule has 2 rings (SSSR count). The van der Waals surface area contributed by atoms with Crippen molar-refractivity contribution >= 4 is 33.7 Å². The van der Waals surface area contributed by atoms with E-state index in [0.717, 1.165) is 16.7 Å². The van der Waals surface area contributed by atoms with Gasteiger partial charge in [0, 0.05) is 6.54 Å². The Balaban J connectivity index is 1.97. The first kappa shape index (κ1) is 25.9. The van der Waals surface area contributed by atoms with Crippen molar-refractivity contribution in [1.29, 1.82) is 0 Å². The maximum Gasteiger partial charge on any atom is 0.324 e. The van der Waals surface area contributed by atoms with E-state index in [9.17, 15) is 18.0 Å². The minimum atomic E-state index is -3.93. The minimum absolute atomic E-state index is 0.112. The number of esters is 1. The van der Waals surface area contributed by atoms with Crippen LogP contribution in [-0.4, -0.2) is 45.0 Å². The van der Waals surface area contributed by atoms with E-state index in [1.165, 1.54) is 17.8 Å². The number of ether oxygens (including phenoxy) is 1. The molecule has 0 bridgehead atoms. The van der Waals surface area contributed by atoms with E-state index >= 15 is 0 Å². The zero-order valence-electron chi connectivity index (χ0n) is 18.8. The molecule has 0 aliphatic heterocycles. The Morgan fingerprint density at radius 2 is 1.69 bits per heavy atom. The molecule has 0 saturated carbocycles. The highest BCUT2D eigenvalue weighted by molar-refractivity contribution is 7.98. The average molecular weight is 479 g/mol. The lowest BCUT2D eigenvalue weighted by Gasteiger charge is -2.18. The molecule has 2 aromatic rings. The van der Waals surface area contributed by atoms with Crippen LogP contribution in [0.15, 0.2) is 47.4 Å². The van der Waals surface area contributed by atoms with Gasteiger partial charge in [0.1, 0.15) is 6.04 Å². The van der Waals surface area contributed by atoms with E-state index in [-0.39, 0.29) is 11.3 Å². The maximum absolute atomic E-state index is 12.9. The molecule has 0 aliphatic carbocycles. The Labute approximate surface area is 194 Å². The third kappa shape index (κ3) is 7.96. The number of benzene rings is 2. The van der Waals surface area contributed by atoms with Gasteiger partial charge in [0.25, 0.3) is 5.91 Å². The van der Waals surface area contributed by atoms with E-state index < -0.39 is 34.5 Å². The van der Waals surface area contributed by atoms with Crippen LogP contribution in [0.2, 0.25) is 0 Å². The number of carbonyl (C=O) groups excluding carboxylic acids is 2. The van der Waals surface area contributed by atoms with Crippen molar-refractivity contribution < 1.29 is 22.7 Å². The first-order valence-corrected chi connectivity index (χ1v) is 13.1. The van der Waals surface area contributed by atoms with Gasteiger partial charge < -0.3 is 10.1 Å². The highest BCUT2D eigenvalue weighted by Gasteiger charge is 2.28. The summed E-state index contributed by atoms with van der Waals surface area (Å²) in [4.78, 5) is 24.8. The number of rotatable bonds is 11. The summed E-state index contributed by atoms with van der Waals surface area (Å²) >= 11 is 1.48. The summed E-state index contributed by atoms with van der Waals surface area (Å²) in [6.45, 7) is 5.38. The van der Waals surface area contributed by atoms with Crippen LogP contribution in [0.3, 0.4) is 0 Å². The van der Waals surface area contributed by atoms with Gasteiger partial charge in [-0.3, -0.25) is 9.59 Å². The molecule has 32 heavy (non-hydrogen) atoms. The van der Waals surface area contributed by atoms with Gasteiger partial charge in [-0.1, -0.05) is 47.5 Å². The molecule has 1 atom stereocenters. The van der Waals surface area contributed by atoms with Crippen LogP contribution < -0.4 is 10.0 Å². The van der Waals surface area contributed by atoms with Gasteiger partial charge in [-0.2, -0.15) is 16.5 Å². The van der Waals surface area contributed by atoms with Crippen LogP contribution in [0.1, 0.15) is 28.7 Å². The summed E-state index contributed by atoms with van der Waals surface area (Å²) < 4.78 is 33.3. The molecule has 2 N–H and O–H groups in total. The van der Waals surface area contributed by atoms with Crippen molar-refractivity contribution in [1.82, 2.24) is 10.0 Å². The number of sulfonamides is 1. The van der Waals surface area contributed by atoms with E-state index in [1.54, 1.807) is 19.1 Å². The molecular formula is C23H30N2O5S2. The summed E-state index contributed by atoms with van der Waals surface area (Å²) in [6.07, 6.45) is 2.11. The number of amides is 1. The van der Waals surface area contributed by atoms with Gasteiger partial charge in [0.05, 0.1) is 4.90 Å². The molecule has 0 heterocycles. The van der Waals surface area contributed by atoms with Crippen molar-refractivity contribution in [3.05, 3.63) is 64.7 Å². The van der Waals surface area contributed by atoms with Crippen molar-refractivity contribution in [3.8, 4) is 0 Å². The van der Waals surface area contributed by atoms with Crippen LogP contribution in [0, 0.1) is 20.8 Å². The first-order chi connectivity index (χ1) is 15.1.